The lowest BCUT2D eigenvalue weighted by Gasteiger charge is -2.37. The van der Waals surface area contributed by atoms with Crippen LogP contribution in [0.4, 0.5) is 23.3 Å². The number of nitrogens with zero attached hydrogens (tertiary/aromatic N) is 6. The Morgan fingerprint density at radius 2 is 1.48 bits per heavy atom. The lowest BCUT2D eigenvalue weighted by Crippen LogP contribution is -2.47. The van der Waals surface area contributed by atoms with Gasteiger partial charge in [0, 0.05) is 65.1 Å². The zero-order valence-electron chi connectivity index (χ0n) is 16.2. The Labute approximate surface area is 161 Å². The van der Waals surface area contributed by atoms with E-state index >= 15 is 0 Å². The van der Waals surface area contributed by atoms with Gasteiger partial charge in [0.15, 0.2) is 0 Å². The number of aromatic nitrogens is 2. The molecule has 7 nitrogen and oxygen atoms in total. The van der Waals surface area contributed by atoms with Gasteiger partial charge >= 0.3 is 0 Å². The molecular weight excluding hydrogens is 340 g/mol. The Morgan fingerprint density at radius 3 is 2.15 bits per heavy atom. The first-order valence-electron chi connectivity index (χ1n) is 9.65. The van der Waals surface area contributed by atoms with Gasteiger partial charge in [-0.15, -0.1) is 0 Å². The topological polar surface area (TPSA) is 48.0 Å². The molecule has 0 radical (unpaired) electrons. The van der Waals surface area contributed by atoms with Crippen LogP contribution < -0.4 is 19.6 Å². The number of morpholine rings is 1. The van der Waals surface area contributed by atoms with E-state index in [1.165, 1.54) is 5.69 Å². The second kappa shape index (κ2) is 8.00. The summed E-state index contributed by atoms with van der Waals surface area (Å²) in [6.45, 7) is 7.08. The van der Waals surface area contributed by atoms with E-state index in [-0.39, 0.29) is 0 Å². The highest BCUT2D eigenvalue weighted by atomic mass is 16.5. The summed E-state index contributed by atoms with van der Waals surface area (Å²) in [6.07, 6.45) is 0. The molecule has 0 saturated carbocycles. The molecule has 2 saturated heterocycles. The van der Waals surface area contributed by atoms with Gasteiger partial charge in [0.05, 0.1) is 13.2 Å². The minimum absolute atomic E-state index is 0.756. The third-order valence-electron chi connectivity index (χ3n) is 5.16. The predicted octanol–water partition coefficient (Wildman–Crippen LogP) is 1.71. The maximum Gasteiger partial charge on any atom is 0.229 e. The quantitative estimate of drug-likeness (QED) is 0.814. The largest absolute Gasteiger partial charge is 0.378 e. The van der Waals surface area contributed by atoms with Crippen molar-refractivity contribution in [3.63, 3.8) is 0 Å². The van der Waals surface area contributed by atoms with Crippen LogP contribution in [-0.4, -0.2) is 76.5 Å². The molecule has 2 aromatic rings. The van der Waals surface area contributed by atoms with E-state index in [4.69, 9.17) is 14.7 Å². The van der Waals surface area contributed by atoms with Crippen LogP contribution in [0.5, 0.6) is 0 Å². The second-order valence-corrected chi connectivity index (χ2v) is 7.19. The Balaban J connectivity index is 1.52. The van der Waals surface area contributed by atoms with Crippen LogP contribution in [-0.2, 0) is 4.74 Å². The van der Waals surface area contributed by atoms with Gasteiger partial charge in [-0.25, -0.2) is 0 Å². The number of hydrogen-bond donors (Lipinski definition) is 0. The summed E-state index contributed by atoms with van der Waals surface area (Å²) >= 11 is 0. The average molecular weight is 368 g/mol. The maximum absolute atomic E-state index is 5.49. The number of para-hydroxylation sites is 1. The smallest absolute Gasteiger partial charge is 0.229 e. The minimum atomic E-state index is 0.756. The summed E-state index contributed by atoms with van der Waals surface area (Å²) in [5, 5.41) is 0. The van der Waals surface area contributed by atoms with Crippen LogP contribution >= 0.6 is 0 Å². The van der Waals surface area contributed by atoms with Crippen LogP contribution in [0.1, 0.15) is 0 Å². The van der Waals surface area contributed by atoms with Crippen LogP contribution in [0.2, 0.25) is 0 Å². The van der Waals surface area contributed by atoms with E-state index in [0.29, 0.717) is 0 Å². The second-order valence-electron chi connectivity index (χ2n) is 7.19. The van der Waals surface area contributed by atoms with E-state index < -0.39 is 0 Å². The number of piperazine rings is 1. The predicted molar refractivity (Wildman–Crippen MR) is 110 cm³/mol. The molecule has 4 rings (SSSR count). The summed E-state index contributed by atoms with van der Waals surface area (Å²) in [7, 11) is 4.06. The van der Waals surface area contributed by atoms with Gasteiger partial charge < -0.3 is 24.3 Å². The zero-order valence-corrected chi connectivity index (χ0v) is 16.2. The van der Waals surface area contributed by atoms with E-state index in [1.807, 2.05) is 14.1 Å². The molecule has 1 aromatic heterocycles. The van der Waals surface area contributed by atoms with Crippen LogP contribution in [0.25, 0.3) is 0 Å². The van der Waals surface area contributed by atoms with Crippen molar-refractivity contribution in [3.05, 3.63) is 36.4 Å². The van der Waals surface area contributed by atoms with E-state index in [2.05, 4.69) is 56.0 Å². The van der Waals surface area contributed by atoms with Crippen molar-refractivity contribution in [2.24, 2.45) is 0 Å². The number of benzene rings is 1. The fraction of sp³-hybridized carbons (Fsp3) is 0.500. The van der Waals surface area contributed by atoms with Crippen molar-refractivity contribution in [1.29, 1.82) is 0 Å². The Hall–Kier alpha value is -2.54. The molecule has 27 heavy (non-hydrogen) atoms. The molecule has 1 aromatic carbocycles. The van der Waals surface area contributed by atoms with Gasteiger partial charge in [0.2, 0.25) is 5.95 Å². The average Bonchev–Trinajstić information content (AvgIpc) is 2.75. The molecule has 0 N–H and O–H groups in total. The molecule has 7 heteroatoms. The Morgan fingerprint density at radius 1 is 0.815 bits per heavy atom. The van der Waals surface area contributed by atoms with Crippen molar-refractivity contribution >= 4 is 23.3 Å². The molecule has 3 heterocycles. The third kappa shape index (κ3) is 4.08. The SMILES string of the molecule is CN(C)c1cc(N2CCOCC2)nc(N2CCN(c3ccccc3)CC2)n1. The van der Waals surface area contributed by atoms with Crippen LogP contribution in [0.15, 0.2) is 36.4 Å². The first-order chi connectivity index (χ1) is 13.2. The van der Waals surface area contributed by atoms with E-state index in [0.717, 1.165) is 70.1 Å². The molecule has 144 valence electrons. The number of anilines is 4. The normalized spacial score (nSPS) is 17.9. The Kier molecular flexibility index (Phi) is 5.29. The molecular formula is C20H28N6O. The zero-order chi connectivity index (χ0) is 18.6. The molecule has 2 aliphatic heterocycles. The van der Waals surface area contributed by atoms with Gasteiger partial charge in [-0.3, -0.25) is 0 Å². The molecule has 0 bridgehead atoms. The van der Waals surface area contributed by atoms with Crippen LogP contribution in [0.3, 0.4) is 0 Å². The summed E-state index contributed by atoms with van der Waals surface area (Å²) in [6, 6.07) is 12.7. The standard InChI is InChI=1S/C20H28N6O/c1-23(2)18-16-19(25-12-14-27-15-13-25)22-20(21-18)26-10-8-24(9-11-26)17-6-4-3-5-7-17/h3-7,16H,8-15H2,1-2H3. The van der Waals surface area contributed by atoms with Crippen molar-refractivity contribution in [2.45, 2.75) is 0 Å². The maximum atomic E-state index is 5.49. The summed E-state index contributed by atoms with van der Waals surface area (Å²) in [5.74, 6) is 2.78. The van der Waals surface area contributed by atoms with Gasteiger partial charge in [-0.1, -0.05) is 18.2 Å². The number of rotatable bonds is 4. The third-order valence-corrected chi connectivity index (χ3v) is 5.16. The van der Waals surface area contributed by atoms with Crippen molar-refractivity contribution in [2.75, 3.05) is 86.2 Å². The molecule has 2 aliphatic rings. The van der Waals surface area contributed by atoms with Crippen LogP contribution in [0, 0.1) is 0 Å². The molecule has 0 amide bonds. The van der Waals surface area contributed by atoms with Gasteiger partial charge in [0.25, 0.3) is 0 Å². The summed E-state index contributed by atoms with van der Waals surface area (Å²) < 4.78 is 5.49. The highest BCUT2D eigenvalue weighted by molar-refractivity contribution is 5.56. The molecule has 2 fully saturated rings. The van der Waals surface area contributed by atoms with Gasteiger partial charge in [-0.05, 0) is 12.1 Å². The minimum Gasteiger partial charge on any atom is -0.378 e. The van der Waals surface area contributed by atoms with Crippen molar-refractivity contribution in [1.82, 2.24) is 9.97 Å². The van der Waals surface area contributed by atoms with Gasteiger partial charge in [-0.2, -0.15) is 9.97 Å². The fourth-order valence-electron chi connectivity index (χ4n) is 3.54. The summed E-state index contributed by atoms with van der Waals surface area (Å²) in [4.78, 5) is 18.8. The number of ether oxygens (including phenoxy) is 1. The molecule has 0 unspecified atom stereocenters. The number of hydrogen-bond acceptors (Lipinski definition) is 7. The highest BCUT2D eigenvalue weighted by Gasteiger charge is 2.22. The summed E-state index contributed by atoms with van der Waals surface area (Å²) in [5.41, 5.74) is 1.29. The molecule has 0 spiro atoms. The first kappa shape index (κ1) is 17.9. The van der Waals surface area contributed by atoms with Crippen molar-refractivity contribution in [3.8, 4) is 0 Å². The monoisotopic (exact) mass is 368 g/mol. The highest BCUT2D eigenvalue weighted by Crippen LogP contribution is 2.24. The molecule has 0 aliphatic carbocycles. The van der Waals surface area contributed by atoms with Gasteiger partial charge in [0.1, 0.15) is 11.6 Å². The van der Waals surface area contributed by atoms with E-state index in [9.17, 15) is 0 Å². The molecule has 0 atom stereocenters. The first-order valence-corrected chi connectivity index (χ1v) is 9.65. The van der Waals surface area contributed by atoms with Crippen molar-refractivity contribution < 1.29 is 4.74 Å². The lowest BCUT2D eigenvalue weighted by molar-refractivity contribution is 0.122. The lowest BCUT2D eigenvalue weighted by atomic mass is 10.2. The Bertz CT molecular complexity index is 739. The van der Waals surface area contributed by atoms with E-state index in [1.54, 1.807) is 0 Å². The fourth-order valence-corrected chi connectivity index (χ4v) is 3.54.